The third kappa shape index (κ3) is 2.76. The number of carbonyl (C=O) groups is 1. The summed E-state index contributed by atoms with van der Waals surface area (Å²) in [5, 5.41) is 2.59. The Bertz CT molecular complexity index is 586. The van der Waals surface area contributed by atoms with Gasteiger partial charge in [-0.3, -0.25) is 4.79 Å². The predicted molar refractivity (Wildman–Crippen MR) is 75.7 cm³/mol. The van der Waals surface area contributed by atoms with Crippen LogP contribution < -0.4 is 11.1 Å². The first-order valence-corrected chi connectivity index (χ1v) is 6.12. The van der Waals surface area contributed by atoms with Crippen molar-refractivity contribution in [2.24, 2.45) is 0 Å². The number of nitrogens with zero attached hydrogens (tertiary/aromatic N) is 1. The monoisotopic (exact) mass is 357 g/mol. The molecule has 0 aliphatic carbocycles. The number of rotatable bonds is 2. The van der Waals surface area contributed by atoms with Gasteiger partial charge in [-0.1, -0.05) is 0 Å². The van der Waals surface area contributed by atoms with Gasteiger partial charge < -0.3 is 11.1 Å². The van der Waals surface area contributed by atoms with E-state index in [2.05, 4.69) is 32.9 Å². The first-order valence-electron chi connectivity index (χ1n) is 5.05. The SMILES string of the molecule is Nc1nccc(C(=O)Nc2ccc(I)cc2)c1F. The van der Waals surface area contributed by atoms with Gasteiger partial charge in [0, 0.05) is 15.5 Å². The average molecular weight is 357 g/mol. The molecule has 1 amide bonds. The lowest BCUT2D eigenvalue weighted by atomic mass is 10.2. The van der Waals surface area contributed by atoms with Gasteiger partial charge in [0.25, 0.3) is 5.91 Å². The van der Waals surface area contributed by atoms with E-state index in [9.17, 15) is 9.18 Å². The quantitative estimate of drug-likeness (QED) is 0.813. The molecule has 3 N–H and O–H groups in total. The molecule has 0 atom stereocenters. The Morgan fingerprint density at radius 2 is 1.94 bits per heavy atom. The van der Waals surface area contributed by atoms with Gasteiger partial charge in [-0.2, -0.15) is 0 Å². The van der Waals surface area contributed by atoms with E-state index in [1.165, 1.54) is 12.3 Å². The number of nitrogen functional groups attached to an aromatic ring is 1. The maximum Gasteiger partial charge on any atom is 0.258 e. The molecular weight excluding hydrogens is 348 g/mol. The molecule has 0 spiro atoms. The van der Waals surface area contributed by atoms with Crippen molar-refractivity contribution in [3.05, 3.63) is 51.5 Å². The largest absolute Gasteiger partial charge is 0.381 e. The number of hydrogen-bond donors (Lipinski definition) is 2. The van der Waals surface area contributed by atoms with Crippen molar-refractivity contribution in [1.82, 2.24) is 4.98 Å². The molecule has 0 radical (unpaired) electrons. The molecular formula is C12H9FIN3O. The molecule has 0 saturated carbocycles. The topological polar surface area (TPSA) is 68.0 Å². The van der Waals surface area contributed by atoms with Crippen LogP contribution in [0, 0.1) is 9.39 Å². The Kier molecular flexibility index (Phi) is 3.75. The van der Waals surface area contributed by atoms with Gasteiger partial charge in [0.05, 0.1) is 5.56 Å². The minimum atomic E-state index is -0.805. The minimum absolute atomic E-state index is 0.124. The number of nitrogens with two attached hydrogens (primary N) is 1. The Morgan fingerprint density at radius 1 is 1.28 bits per heavy atom. The summed E-state index contributed by atoms with van der Waals surface area (Å²) in [4.78, 5) is 15.4. The Hall–Kier alpha value is -1.70. The van der Waals surface area contributed by atoms with Crippen molar-refractivity contribution >= 4 is 40.0 Å². The zero-order valence-corrected chi connectivity index (χ0v) is 11.3. The zero-order chi connectivity index (χ0) is 13.1. The molecule has 1 heterocycles. The fraction of sp³-hybridized carbons (Fsp3) is 0. The molecule has 18 heavy (non-hydrogen) atoms. The standard InChI is InChI=1S/C12H9FIN3O/c13-10-9(5-6-16-11(10)15)12(18)17-8-3-1-7(14)2-4-8/h1-6H,(H2,15,16)(H,17,18). The first-order chi connectivity index (χ1) is 8.58. The van der Waals surface area contributed by atoms with Gasteiger partial charge in [-0.25, -0.2) is 9.37 Å². The van der Waals surface area contributed by atoms with Crippen molar-refractivity contribution in [3.8, 4) is 0 Å². The van der Waals surface area contributed by atoms with Crippen LogP contribution in [0.1, 0.15) is 10.4 Å². The fourth-order valence-electron chi connectivity index (χ4n) is 1.37. The van der Waals surface area contributed by atoms with E-state index in [4.69, 9.17) is 5.73 Å². The number of carbonyl (C=O) groups excluding carboxylic acids is 1. The number of amides is 1. The second kappa shape index (κ2) is 5.30. The highest BCUT2D eigenvalue weighted by Crippen LogP contribution is 2.15. The summed E-state index contributed by atoms with van der Waals surface area (Å²) in [6.07, 6.45) is 1.29. The van der Waals surface area contributed by atoms with Crippen molar-refractivity contribution in [3.63, 3.8) is 0 Å². The number of halogens is 2. The second-order valence-electron chi connectivity index (χ2n) is 3.52. The minimum Gasteiger partial charge on any atom is -0.381 e. The molecule has 1 aromatic heterocycles. The van der Waals surface area contributed by atoms with Crippen LogP contribution in [-0.2, 0) is 0 Å². The van der Waals surface area contributed by atoms with Crippen LogP contribution in [0.15, 0.2) is 36.5 Å². The molecule has 0 fully saturated rings. The number of nitrogens with one attached hydrogen (secondary N) is 1. The van der Waals surface area contributed by atoms with Crippen LogP contribution in [0.2, 0.25) is 0 Å². The van der Waals surface area contributed by atoms with Gasteiger partial charge >= 0.3 is 0 Å². The summed E-state index contributed by atoms with van der Waals surface area (Å²) in [7, 11) is 0. The molecule has 1 aromatic carbocycles. The Balaban J connectivity index is 2.22. The first kappa shape index (κ1) is 12.7. The third-order valence-corrected chi connectivity index (χ3v) is 2.98. The lowest BCUT2D eigenvalue weighted by Gasteiger charge is -2.06. The predicted octanol–water partition coefficient (Wildman–Crippen LogP) is 2.66. The highest BCUT2D eigenvalue weighted by atomic mass is 127. The summed E-state index contributed by atoms with van der Waals surface area (Å²) in [5.74, 6) is -1.64. The highest BCUT2D eigenvalue weighted by Gasteiger charge is 2.14. The van der Waals surface area contributed by atoms with E-state index in [-0.39, 0.29) is 11.4 Å². The van der Waals surface area contributed by atoms with Crippen molar-refractivity contribution in [1.29, 1.82) is 0 Å². The Labute approximate surface area is 117 Å². The van der Waals surface area contributed by atoms with E-state index in [0.717, 1.165) is 3.57 Å². The van der Waals surface area contributed by atoms with Crippen LogP contribution in [0.3, 0.4) is 0 Å². The summed E-state index contributed by atoms with van der Waals surface area (Å²) in [5.41, 5.74) is 5.77. The van der Waals surface area contributed by atoms with Crippen molar-refractivity contribution < 1.29 is 9.18 Å². The second-order valence-corrected chi connectivity index (χ2v) is 4.76. The van der Waals surface area contributed by atoms with Gasteiger partial charge in [-0.15, -0.1) is 0 Å². The highest BCUT2D eigenvalue weighted by molar-refractivity contribution is 14.1. The molecule has 6 heteroatoms. The maximum atomic E-state index is 13.6. The molecule has 0 aliphatic rings. The van der Waals surface area contributed by atoms with Crippen molar-refractivity contribution in [2.45, 2.75) is 0 Å². The van der Waals surface area contributed by atoms with Gasteiger partial charge in [0.1, 0.15) is 0 Å². The number of aromatic nitrogens is 1. The number of hydrogen-bond acceptors (Lipinski definition) is 3. The molecule has 92 valence electrons. The molecule has 0 unspecified atom stereocenters. The lowest BCUT2D eigenvalue weighted by molar-refractivity contribution is 0.102. The van der Waals surface area contributed by atoms with E-state index in [0.29, 0.717) is 5.69 Å². The third-order valence-electron chi connectivity index (χ3n) is 2.26. The number of benzene rings is 1. The molecule has 0 bridgehead atoms. The number of anilines is 2. The van der Waals surface area contributed by atoms with Crippen LogP contribution in [0.5, 0.6) is 0 Å². The lowest BCUT2D eigenvalue weighted by Crippen LogP contribution is -2.15. The van der Waals surface area contributed by atoms with E-state index >= 15 is 0 Å². The van der Waals surface area contributed by atoms with Gasteiger partial charge in [0.15, 0.2) is 11.6 Å². The Morgan fingerprint density at radius 3 is 2.61 bits per heavy atom. The summed E-state index contributed by atoms with van der Waals surface area (Å²) in [6.45, 7) is 0. The van der Waals surface area contributed by atoms with Crippen LogP contribution in [-0.4, -0.2) is 10.9 Å². The van der Waals surface area contributed by atoms with E-state index in [1.54, 1.807) is 12.1 Å². The molecule has 2 rings (SSSR count). The van der Waals surface area contributed by atoms with Crippen molar-refractivity contribution in [2.75, 3.05) is 11.1 Å². The number of pyridine rings is 1. The molecule has 4 nitrogen and oxygen atoms in total. The average Bonchev–Trinajstić information content (AvgIpc) is 2.35. The summed E-state index contributed by atoms with van der Waals surface area (Å²) >= 11 is 2.15. The fourth-order valence-corrected chi connectivity index (χ4v) is 1.73. The van der Waals surface area contributed by atoms with Crippen LogP contribution >= 0.6 is 22.6 Å². The summed E-state index contributed by atoms with van der Waals surface area (Å²) < 4.78 is 14.6. The van der Waals surface area contributed by atoms with Crippen LogP contribution in [0.4, 0.5) is 15.9 Å². The van der Waals surface area contributed by atoms with E-state index < -0.39 is 11.7 Å². The maximum absolute atomic E-state index is 13.6. The summed E-state index contributed by atoms with van der Waals surface area (Å²) in [6, 6.07) is 8.44. The smallest absolute Gasteiger partial charge is 0.258 e. The van der Waals surface area contributed by atoms with Crippen LogP contribution in [0.25, 0.3) is 0 Å². The normalized spacial score (nSPS) is 10.1. The van der Waals surface area contributed by atoms with Gasteiger partial charge in [-0.05, 0) is 52.9 Å². The van der Waals surface area contributed by atoms with Gasteiger partial charge in [0.2, 0.25) is 0 Å². The molecule has 2 aromatic rings. The zero-order valence-electron chi connectivity index (χ0n) is 9.15. The van der Waals surface area contributed by atoms with E-state index in [1.807, 2.05) is 12.1 Å². The molecule has 0 saturated heterocycles. The molecule has 0 aliphatic heterocycles.